The van der Waals surface area contributed by atoms with Crippen LogP contribution in [-0.4, -0.2) is 34.1 Å². The minimum absolute atomic E-state index is 0.172. The normalized spacial score (nSPS) is 14.7. The van der Waals surface area contributed by atoms with E-state index < -0.39 is 0 Å². The van der Waals surface area contributed by atoms with E-state index in [0.29, 0.717) is 11.2 Å². The molecule has 0 unspecified atom stereocenters. The van der Waals surface area contributed by atoms with E-state index in [1.807, 2.05) is 25.1 Å². The summed E-state index contributed by atoms with van der Waals surface area (Å²) in [5, 5.41) is 10.1. The van der Waals surface area contributed by atoms with Gasteiger partial charge in [-0.25, -0.2) is 4.99 Å². The third kappa shape index (κ3) is 1.75. The summed E-state index contributed by atoms with van der Waals surface area (Å²) in [6.45, 7) is 1.96. The maximum atomic E-state index is 12.0. The van der Waals surface area contributed by atoms with Gasteiger partial charge in [-0.2, -0.15) is 0 Å². The van der Waals surface area contributed by atoms with Crippen molar-refractivity contribution in [1.82, 2.24) is 20.6 Å². The molecule has 2 heterocycles. The number of carbonyl (C=O) groups is 1. The highest BCUT2D eigenvalue weighted by molar-refractivity contribution is 6.07. The quantitative estimate of drug-likeness (QED) is 0.714. The second-order valence-electron chi connectivity index (χ2n) is 4.39. The van der Waals surface area contributed by atoms with Crippen LogP contribution in [0.1, 0.15) is 16.1 Å². The summed E-state index contributed by atoms with van der Waals surface area (Å²) in [4.78, 5) is 16.3. The smallest absolute Gasteiger partial charge is 0.292 e. The average Bonchev–Trinajstić information content (AvgIpc) is 2.48. The van der Waals surface area contributed by atoms with Crippen molar-refractivity contribution in [3.05, 3.63) is 29.5 Å². The summed E-state index contributed by atoms with van der Waals surface area (Å²) in [5.74, 6) is -0.180. The molecule has 1 amide bonds. The van der Waals surface area contributed by atoms with Crippen molar-refractivity contribution in [1.29, 1.82) is 0 Å². The van der Waals surface area contributed by atoms with Gasteiger partial charge in [-0.05, 0) is 19.1 Å². The number of nitrogens with two attached hydrogens (primary N) is 1. The van der Waals surface area contributed by atoms with Crippen LogP contribution in [0.4, 0.5) is 5.69 Å². The van der Waals surface area contributed by atoms with Crippen LogP contribution in [0.2, 0.25) is 0 Å². The van der Waals surface area contributed by atoms with E-state index in [1.165, 1.54) is 5.01 Å². The lowest BCUT2D eigenvalue weighted by atomic mass is 10.1. The molecule has 0 fully saturated rings. The van der Waals surface area contributed by atoms with Gasteiger partial charge in [0.1, 0.15) is 5.69 Å². The topological polar surface area (TPSA) is 96.5 Å². The Morgan fingerprint density at radius 2 is 2.11 bits per heavy atom. The van der Waals surface area contributed by atoms with Crippen LogP contribution in [0, 0.1) is 6.92 Å². The maximum Gasteiger partial charge on any atom is 0.292 e. The van der Waals surface area contributed by atoms with Crippen LogP contribution >= 0.6 is 0 Å². The molecule has 0 spiro atoms. The molecule has 3 N–H and O–H groups in total. The average molecular weight is 256 g/mol. The molecule has 1 aliphatic rings. The van der Waals surface area contributed by atoms with Crippen molar-refractivity contribution < 1.29 is 4.79 Å². The first kappa shape index (κ1) is 11.4. The molecule has 2 aromatic rings. The first-order chi connectivity index (χ1) is 9.06. The largest absolute Gasteiger partial charge is 0.368 e. The van der Waals surface area contributed by atoms with Crippen LogP contribution in [0.15, 0.2) is 23.2 Å². The van der Waals surface area contributed by atoms with Gasteiger partial charge in [-0.3, -0.25) is 15.2 Å². The van der Waals surface area contributed by atoms with Crippen LogP contribution in [0.3, 0.4) is 0 Å². The number of amides is 1. The van der Waals surface area contributed by atoms with Crippen molar-refractivity contribution in [2.24, 2.45) is 10.7 Å². The number of hydrogen-bond donors (Lipinski definition) is 2. The van der Waals surface area contributed by atoms with Crippen molar-refractivity contribution in [2.75, 3.05) is 7.05 Å². The highest BCUT2D eigenvalue weighted by Crippen LogP contribution is 2.29. The number of aryl methyl sites for hydroxylation is 1. The Kier molecular flexibility index (Phi) is 2.34. The fraction of sp³-hybridized carbons (Fsp3) is 0.167. The van der Waals surface area contributed by atoms with Crippen LogP contribution < -0.4 is 11.2 Å². The summed E-state index contributed by atoms with van der Waals surface area (Å²) >= 11 is 0. The van der Waals surface area contributed by atoms with Crippen LogP contribution in [-0.2, 0) is 0 Å². The van der Waals surface area contributed by atoms with Gasteiger partial charge in [-0.15, -0.1) is 10.2 Å². The minimum Gasteiger partial charge on any atom is -0.368 e. The summed E-state index contributed by atoms with van der Waals surface area (Å²) in [7, 11) is 1.61. The molecule has 7 nitrogen and oxygen atoms in total. The van der Waals surface area contributed by atoms with E-state index in [0.717, 1.165) is 10.9 Å². The summed E-state index contributed by atoms with van der Waals surface area (Å²) in [6, 6.07) is 5.69. The molecule has 0 radical (unpaired) electrons. The Hall–Kier alpha value is -2.70. The summed E-state index contributed by atoms with van der Waals surface area (Å²) < 4.78 is 0. The lowest BCUT2D eigenvalue weighted by Gasteiger charge is -2.15. The Labute approximate surface area is 109 Å². The maximum absolute atomic E-state index is 12.0. The third-order valence-corrected chi connectivity index (χ3v) is 2.94. The molecule has 0 aliphatic carbocycles. The van der Waals surface area contributed by atoms with Gasteiger partial charge >= 0.3 is 0 Å². The molecule has 1 aromatic carbocycles. The first-order valence-corrected chi connectivity index (χ1v) is 5.72. The number of nitrogens with zero attached hydrogens (tertiary/aromatic N) is 4. The number of carbonyl (C=O) groups excluding carboxylic acids is 1. The number of fused-ring (bicyclic) bond motifs is 3. The van der Waals surface area contributed by atoms with Crippen molar-refractivity contribution in [2.45, 2.75) is 6.92 Å². The number of aliphatic imine (C=N–C) groups is 1. The van der Waals surface area contributed by atoms with E-state index >= 15 is 0 Å². The predicted molar refractivity (Wildman–Crippen MR) is 70.8 cm³/mol. The second-order valence-corrected chi connectivity index (χ2v) is 4.39. The Balaban J connectivity index is 2.38. The van der Waals surface area contributed by atoms with Gasteiger partial charge in [0, 0.05) is 12.4 Å². The number of guanidine groups is 1. The molecule has 7 heteroatoms. The highest BCUT2D eigenvalue weighted by atomic mass is 16.2. The van der Waals surface area contributed by atoms with Crippen molar-refractivity contribution in [3.63, 3.8) is 0 Å². The summed E-state index contributed by atoms with van der Waals surface area (Å²) in [5.41, 5.74) is 10.7. The molecule has 3 rings (SSSR count). The zero-order valence-electron chi connectivity index (χ0n) is 10.5. The number of hydrazine groups is 1. The lowest BCUT2D eigenvalue weighted by Crippen LogP contribution is -2.45. The van der Waals surface area contributed by atoms with E-state index in [1.54, 1.807) is 7.05 Å². The van der Waals surface area contributed by atoms with Gasteiger partial charge in [0.2, 0.25) is 5.96 Å². The third-order valence-electron chi connectivity index (χ3n) is 2.94. The summed E-state index contributed by atoms with van der Waals surface area (Å²) in [6.07, 6.45) is 0. The molecule has 19 heavy (non-hydrogen) atoms. The number of aromatic nitrogens is 2. The van der Waals surface area contributed by atoms with Gasteiger partial charge in [-0.1, -0.05) is 11.6 Å². The molecule has 0 bridgehead atoms. The number of rotatable bonds is 0. The predicted octanol–water partition coefficient (Wildman–Crippen LogP) is 0.475. The van der Waals surface area contributed by atoms with Gasteiger partial charge in [0.25, 0.3) is 5.91 Å². The zero-order chi connectivity index (χ0) is 13.6. The second kappa shape index (κ2) is 3.91. The zero-order valence-corrected chi connectivity index (χ0v) is 10.5. The van der Waals surface area contributed by atoms with Gasteiger partial charge < -0.3 is 5.73 Å². The molecule has 1 aliphatic heterocycles. The van der Waals surface area contributed by atoms with Crippen LogP contribution in [0.25, 0.3) is 10.9 Å². The lowest BCUT2D eigenvalue weighted by molar-refractivity contribution is 0.0884. The monoisotopic (exact) mass is 256 g/mol. The Morgan fingerprint density at radius 1 is 1.32 bits per heavy atom. The fourth-order valence-electron chi connectivity index (χ4n) is 1.92. The van der Waals surface area contributed by atoms with Gasteiger partial charge in [0.05, 0.1) is 5.52 Å². The van der Waals surface area contributed by atoms with Gasteiger partial charge in [0.15, 0.2) is 5.69 Å². The number of hydrogen-bond acceptors (Lipinski definition) is 6. The molecule has 96 valence electrons. The molecular weight excluding hydrogens is 244 g/mol. The Bertz CT molecular complexity index is 723. The fourth-order valence-corrected chi connectivity index (χ4v) is 1.92. The molecule has 1 aromatic heterocycles. The Morgan fingerprint density at radius 3 is 2.89 bits per heavy atom. The minimum atomic E-state index is -0.377. The number of nitrogens with one attached hydrogen (secondary N) is 1. The van der Waals surface area contributed by atoms with E-state index in [2.05, 4.69) is 20.6 Å². The highest BCUT2D eigenvalue weighted by Gasteiger charge is 2.23. The molecular formula is C12H12N6O. The van der Waals surface area contributed by atoms with E-state index in [-0.39, 0.29) is 17.6 Å². The van der Waals surface area contributed by atoms with Crippen molar-refractivity contribution in [3.8, 4) is 0 Å². The van der Waals surface area contributed by atoms with E-state index in [9.17, 15) is 4.79 Å². The van der Waals surface area contributed by atoms with Crippen molar-refractivity contribution >= 4 is 28.5 Å². The molecule has 0 saturated carbocycles. The van der Waals surface area contributed by atoms with Crippen LogP contribution in [0.5, 0.6) is 0 Å². The SMILES string of the molecule is Cc1ccc2nnc3c(c2c1)N=C(N)N(C)NC3=O. The first-order valence-electron chi connectivity index (χ1n) is 5.72. The molecule has 0 atom stereocenters. The van der Waals surface area contributed by atoms with E-state index in [4.69, 9.17) is 5.73 Å². The standard InChI is InChI=1S/C12H12N6O/c1-6-3-4-8-7(5-6)9-10(16-15-8)11(19)17-18(2)12(13)14-9/h3-5H,1-2H3,(H2,13,14)(H,17,19). The molecule has 0 saturated heterocycles. The number of benzene rings is 1.